The van der Waals surface area contributed by atoms with Gasteiger partial charge < -0.3 is 35.8 Å². The van der Waals surface area contributed by atoms with Gasteiger partial charge in [0, 0.05) is 5.69 Å². The number of nitrogens with zero attached hydrogens (tertiary/aromatic N) is 5. The van der Waals surface area contributed by atoms with E-state index in [1.807, 2.05) is 0 Å². The van der Waals surface area contributed by atoms with E-state index in [1.165, 1.54) is 20.3 Å². The molecular weight excluding hydrogens is 813 g/mol. The molecule has 0 aliphatic heterocycles. The molecule has 0 bridgehead atoms. The zero-order chi connectivity index (χ0) is 40.4. The fourth-order valence-corrected chi connectivity index (χ4v) is 6.78. The van der Waals surface area contributed by atoms with E-state index in [9.17, 15) is 30.7 Å². The van der Waals surface area contributed by atoms with Crippen molar-refractivity contribution in [2.75, 3.05) is 36.8 Å². The Morgan fingerprint density at radius 3 is 1.76 bits per heavy atom. The van der Waals surface area contributed by atoms with Crippen LogP contribution in [-0.2, 0) is 20.2 Å². The Morgan fingerprint density at radius 2 is 1.22 bits per heavy atom. The summed E-state index contributed by atoms with van der Waals surface area (Å²) in [5.41, 5.74) is 20.8. The van der Waals surface area contributed by atoms with Gasteiger partial charge in [-0.2, -0.15) is 5.10 Å². The summed E-state index contributed by atoms with van der Waals surface area (Å²) >= 11 is 0. The minimum Gasteiger partial charge on any atom is -0.744 e. The molecule has 0 aromatic heterocycles. The van der Waals surface area contributed by atoms with Crippen LogP contribution < -0.4 is 91.2 Å². The van der Waals surface area contributed by atoms with Gasteiger partial charge in [-0.3, -0.25) is 10.2 Å². The molecule has 0 radical (unpaired) electrons. The first-order valence-corrected chi connectivity index (χ1v) is 18.8. The summed E-state index contributed by atoms with van der Waals surface area (Å²) in [7, 11) is -7.92. The van der Waals surface area contributed by atoms with E-state index >= 15 is 0 Å². The van der Waals surface area contributed by atoms with Crippen molar-refractivity contribution in [2.24, 2.45) is 25.6 Å². The molecule has 22 heteroatoms. The number of carbonyl (C=O) groups is 1. The number of para-hydroxylation sites is 1. The minimum absolute atomic E-state index is 0. The first-order chi connectivity index (χ1) is 26.6. The standard InChI is InChI=1S/C36H31N9O9S2.2Na/c1-53-28-14-19(8-11-26(28)42-41-25-13-10-22(37)18-24(25)38)20-9-12-27(29(15-20)54-2)43-44-34-30(55(47,48)49)16-21-17-31(56(50,51)52)35(36(46)32(21)33(34)39)45-40-23-6-4-3-5-7-23;;/h3-18,40H,37-39H2,1-2H3,(H,47,48,49)(H,50,51,52);;/q;2*+1/p-2/b42-41?,44-43?,45-35-;;. The molecule has 7 N–H and O–H groups in total. The van der Waals surface area contributed by atoms with Crippen LogP contribution >= 0.6 is 0 Å². The molecule has 0 saturated heterocycles. The number of anilines is 4. The maximum Gasteiger partial charge on any atom is 1.00 e. The van der Waals surface area contributed by atoms with Crippen molar-refractivity contribution in [1.82, 2.24) is 0 Å². The Bertz CT molecular complexity index is 2770. The molecule has 1 aliphatic rings. The fourth-order valence-electron chi connectivity index (χ4n) is 5.47. The van der Waals surface area contributed by atoms with E-state index in [4.69, 9.17) is 26.7 Å². The predicted molar refractivity (Wildman–Crippen MR) is 207 cm³/mol. The number of hydrogen-bond donors (Lipinski definition) is 4. The van der Waals surface area contributed by atoms with Crippen LogP contribution in [0.15, 0.2) is 126 Å². The summed E-state index contributed by atoms with van der Waals surface area (Å²) in [6.07, 6.45) is 0.707. The van der Waals surface area contributed by atoms with Gasteiger partial charge in [0.2, 0.25) is 5.78 Å². The number of azo groups is 2. The zero-order valence-corrected chi connectivity index (χ0v) is 36.8. The van der Waals surface area contributed by atoms with Gasteiger partial charge in [0.05, 0.1) is 46.6 Å². The van der Waals surface area contributed by atoms with Crippen LogP contribution in [0.2, 0.25) is 0 Å². The Labute approximate surface area is 376 Å². The first-order valence-electron chi connectivity index (χ1n) is 16.0. The maximum atomic E-state index is 13.7. The number of hydrazone groups is 1. The first kappa shape index (κ1) is 45.7. The number of rotatable bonds is 11. The van der Waals surface area contributed by atoms with Crippen LogP contribution in [0.25, 0.3) is 17.2 Å². The number of methoxy groups -OCH3 is 2. The Balaban J connectivity index is 0.00000372. The summed E-state index contributed by atoms with van der Waals surface area (Å²) in [6, 6.07) is 23.5. The largest absolute Gasteiger partial charge is 1.00 e. The molecule has 5 aromatic rings. The summed E-state index contributed by atoms with van der Waals surface area (Å²) in [5, 5.41) is 20.3. The zero-order valence-electron chi connectivity index (χ0n) is 31.2. The van der Waals surface area contributed by atoms with E-state index < -0.39 is 64.0 Å². The van der Waals surface area contributed by atoms with E-state index in [0.717, 1.165) is 0 Å². The monoisotopic (exact) mass is 841 g/mol. The summed E-state index contributed by atoms with van der Waals surface area (Å²) in [5.74, 6) is -0.629. The van der Waals surface area contributed by atoms with Gasteiger partial charge in [0.25, 0.3) is 0 Å². The molecule has 0 spiro atoms. The van der Waals surface area contributed by atoms with Gasteiger partial charge >= 0.3 is 59.1 Å². The van der Waals surface area contributed by atoms with Crippen LogP contribution in [0.3, 0.4) is 0 Å². The van der Waals surface area contributed by atoms with Crippen molar-refractivity contribution in [3.05, 3.63) is 107 Å². The number of nitrogens with two attached hydrogens (primary N) is 3. The summed E-state index contributed by atoms with van der Waals surface area (Å²) in [6.45, 7) is 0. The third kappa shape index (κ3) is 9.99. The Hall–Kier alpha value is -5.00. The van der Waals surface area contributed by atoms with Gasteiger partial charge in [-0.1, -0.05) is 30.3 Å². The molecular formula is C36H29N9Na2O9S2. The molecule has 18 nitrogen and oxygen atoms in total. The van der Waals surface area contributed by atoms with Crippen LogP contribution in [0, 0.1) is 0 Å². The van der Waals surface area contributed by atoms with Crippen molar-refractivity contribution in [2.45, 2.75) is 4.90 Å². The number of nitrogen functional groups attached to an aromatic ring is 3. The smallest absolute Gasteiger partial charge is 0.744 e. The Morgan fingerprint density at radius 1 is 0.672 bits per heavy atom. The van der Waals surface area contributed by atoms with Crippen LogP contribution in [-0.4, -0.2) is 51.7 Å². The van der Waals surface area contributed by atoms with E-state index in [0.29, 0.717) is 57.5 Å². The van der Waals surface area contributed by atoms with E-state index in [-0.39, 0.29) is 70.6 Å². The minimum atomic E-state index is -5.38. The topological polar surface area (TPSA) is 302 Å². The van der Waals surface area contributed by atoms with Crippen molar-refractivity contribution in [3.8, 4) is 22.6 Å². The number of allylic oxidation sites excluding steroid dienone is 1. The summed E-state index contributed by atoms with van der Waals surface area (Å²) < 4.78 is 85.0. The number of nitrogens with one attached hydrogen (secondary N) is 1. The average molecular weight is 842 g/mol. The number of carbonyl (C=O) groups excluding carboxylic acids is 1. The third-order valence-electron chi connectivity index (χ3n) is 8.17. The molecule has 0 amide bonds. The maximum absolute atomic E-state index is 13.7. The number of hydrogen-bond acceptors (Lipinski definition) is 18. The van der Waals surface area contributed by atoms with Crippen molar-refractivity contribution < 1.29 is 99.3 Å². The number of ether oxygens (including phenoxy) is 2. The van der Waals surface area contributed by atoms with Crippen LogP contribution in [0.1, 0.15) is 15.9 Å². The van der Waals surface area contributed by atoms with E-state index in [1.54, 1.807) is 78.9 Å². The fraction of sp³-hybridized carbons (Fsp3) is 0.0556. The van der Waals surface area contributed by atoms with Gasteiger partial charge in [-0.25, -0.2) is 16.8 Å². The van der Waals surface area contributed by atoms with Gasteiger partial charge in [-0.05, 0) is 83.4 Å². The molecule has 0 saturated carbocycles. The number of fused-ring (bicyclic) bond motifs is 1. The molecule has 0 unspecified atom stereocenters. The average Bonchev–Trinajstić information content (AvgIpc) is 3.16. The summed E-state index contributed by atoms with van der Waals surface area (Å²) in [4.78, 5) is 11.6. The van der Waals surface area contributed by atoms with Gasteiger partial charge in [-0.15, -0.1) is 20.5 Å². The molecule has 6 rings (SSSR count). The number of ketones is 1. The SMILES string of the molecule is COc1cc(-c2ccc(N=Nc3c(S(=O)(=O)[O-])cc4c(c3N)C(=O)/C(=N\Nc3ccccc3)C(S(=O)(=O)[O-])=C4)c(OC)c2)ccc1N=Nc1ccc(N)cc1N.[Na+].[Na+]. The molecule has 58 heavy (non-hydrogen) atoms. The van der Waals surface area contributed by atoms with E-state index in [2.05, 4.69) is 31.0 Å². The third-order valence-corrected chi connectivity index (χ3v) is 9.87. The van der Waals surface area contributed by atoms with Crippen LogP contribution in [0.5, 0.6) is 11.5 Å². The molecule has 0 fully saturated rings. The normalized spacial score (nSPS) is 13.4. The second kappa shape index (κ2) is 18.7. The van der Waals surface area contributed by atoms with Crippen LogP contribution in [0.4, 0.5) is 45.5 Å². The second-order valence-electron chi connectivity index (χ2n) is 11.8. The van der Waals surface area contributed by atoms with Gasteiger partial charge in [0.1, 0.15) is 60.2 Å². The predicted octanol–water partition coefficient (Wildman–Crippen LogP) is 0.411. The van der Waals surface area contributed by atoms with Gasteiger partial charge in [0.15, 0.2) is 0 Å². The molecule has 5 aromatic carbocycles. The number of Topliss-reactive ketones (excluding diaryl/α,β-unsaturated/α-hetero) is 1. The number of benzene rings is 5. The molecule has 286 valence electrons. The van der Waals surface area contributed by atoms with Crippen molar-refractivity contribution in [1.29, 1.82) is 0 Å². The van der Waals surface area contributed by atoms with Crippen molar-refractivity contribution in [3.63, 3.8) is 0 Å². The quantitative estimate of drug-likeness (QED) is 0.0461. The second-order valence-corrected chi connectivity index (χ2v) is 14.5. The molecule has 1 aliphatic carbocycles. The van der Waals surface area contributed by atoms with Crippen molar-refractivity contribution >= 4 is 83.3 Å². The molecule has 0 atom stereocenters. The molecule has 0 heterocycles. The Kier molecular flexibility index (Phi) is 14.7.